The Morgan fingerprint density at radius 1 is 1.38 bits per heavy atom. The topological polar surface area (TPSA) is 68.9 Å². The van der Waals surface area contributed by atoms with Crippen LogP contribution < -0.4 is 15.1 Å². The lowest BCUT2D eigenvalue weighted by atomic mass is 9.99. The van der Waals surface area contributed by atoms with Crippen molar-refractivity contribution in [1.82, 2.24) is 0 Å². The van der Waals surface area contributed by atoms with Crippen molar-refractivity contribution in [2.24, 2.45) is 0 Å². The lowest BCUT2D eigenvalue weighted by Crippen LogP contribution is -2.13. The number of aliphatic hydroxyl groups is 1. The number of benzene rings is 1. The number of ether oxygens (including phenoxy) is 2. The fourth-order valence-electron chi connectivity index (χ4n) is 2.18. The first-order chi connectivity index (χ1) is 9.97. The summed E-state index contributed by atoms with van der Waals surface area (Å²) in [5.41, 5.74) is 1.29. The Morgan fingerprint density at radius 3 is 2.67 bits per heavy atom. The molecule has 5 heteroatoms. The fraction of sp³-hybridized carbons (Fsp3) is 0.312. The third kappa shape index (κ3) is 2.92. The molecule has 0 radical (unpaired) electrons. The van der Waals surface area contributed by atoms with Crippen molar-refractivity contribution in [1.29, 1.82) is 0 Å². The van der Waals surface area contributed by atoms with E-state index in [0.29, 0.717) is 40.0 Å². The molecule has 1 atom stereocenters. The number of hydrogen-bond acceptors (Lipinski definition) is 5. The van der Waals surface area contributed by atoms with Gasteiger partial charge in [0.15, 0.2) is 0 Å². The lowest BCUT2D eigenvalue weighted by molar-refractivity contribution is 0.209. The van der Waals surface area contributed by atoms with Crippen LogP contribution in [0.2, 0.25) is 0 Å². The van der Waals surface area contributed by atoms with Crippen LogP contribution in [-0.2, 0) is 6.42 Å². The van der Waals surface area contributed by atoms with Crippen LogP contribution >= 0.6 is 0 Å². The van der Waals surface area contributed by atoms with Crippen molar-refractivity contribution in [2.75, 3.05) is 14.2 Å². The molecule has 1 aromatic heterocycles. The zero-order valence-electron chi connectivity index (χ0n) is 12.3. The zero-order chi connectivity index (χ0) is 15.6. The van der Waals surface area contributed by atoms with Crippen LogP contribution in [0, 0.1) is 0 Å². The first-order valence-electron chi connectivity index (χ1n) is 6.49. The van der Waals surface area contributed by atoms with Crippen LogP contribution in [0.5, 0.6) is 11.5 Å². The molecule has 1 aromatic carbocycles. The van der Waals surface area contributed by atoms with Crippen molar-refractivity contribution < 1.29 is 19.0 Å². The molecular weight excluding hydrogens is 272 g/mol. The monoisotopic (exact) mass is 290 g/mol. The average Bonchev–Trinajstić information content (AvgIpc) is 2.46. The summed E-state index contributed by atoms with van der Waals surface area (Å²) < 4.78 is 15.9. The highest BCUT2D eigenvalue weighted by atomic mass is 16.5. The predicted molar refractivity (Wildman–Crippen MR) is 80.1 cm³/mol. The summed E-state index contributed by atoms with van der Waals surface area (Å²) in [6.45, 7) is 5.50. The number of hydrogen-bond donors (Lipinski definition) is 1. The van der Waals surface area contributed by atoms with Gasteiger partial charge < -0.3 is 19.0 Å². The van der Waals surface area contributed by atoms with Gasteiger partial charge in [-0.1, -0.05) is 12.2 Å². The molecule has 1 heterocycles. The molecule has 0 aliphatic heterocycles. The van der Waals surface area contributed by atoms with Gasteiger partial charge in [-0.15, -0.1) is 0 Å². The molecule has 0 spiro atoms. The van der Waals surface area contributed by atoms with Gasteiger partial charge in [-0.2, -0.15) is 0 Å². The molecule has 0 fully saturated rings. The van der Waals surface area contributed by atoms with Crippen LogP contribution in [-0.4, -0.2) is 25.4 Å². The van der Waals surface area contributed by atoms with Gasteiger partial charge in [0.1, 0.15) is 17.1 Å². The third-order valence-corrected chi connectivity index (χ3v) is 3.33. The van der Waals surface area contributed by atoms with Gasteiger partial charge in [0.05, 0.1) is 25.7 Å². The molecule has 0 unspecified atom stereocenters. The molecule has 112 valence electrons. The minimum absolute atomic E-state index is 0.302. The van der Waals surface area contributed by atoms with E-state index in [1.54, 1.807) is 19.1 Å². The largest absolute Gasteiger partial charge is 0.496 e. The predicted octanol–water partition coefficient (Wildman–Crippen LogP) is 2.29. The van der Waals surface area contributed by atoms with E-state index in [-0.39, 0.29) is 0 Å². The maximum Gasteiger partial charge on any atom is 0.336 e. The van der Waals surface area contributed by atoms with Gasteiger partial charge in [0.2, 0.25) is 0 Å². The molecule has 2 rings (SSSR count). The number of fused-ring (bicyclic) bond motifs is 1. The summed E-state index contributed by atoms with van der Waals surface area (Å²) in [6.07, 6.45) is -0.405. The second kappa shape index (κ2) is 6.01. The van der Waals surface area contributed by atoms with E-state index in [0.717, 1.165) is 0 Å². The summed E-state index contributed by atoms with van der Waals surface area (Å²) in [5.74, 6) is 1.02. The quantitative estimate of drug-likeness (QED) is 0.676. The van der Waals surface area contributed by atoms with Gasteiger partial charge in [0.25, 0.3) is 0 Å². The minimum Gasteiger partial charge on any atom is -0.496 e. The highest BCUT2D eigenvalue weighted by Crippen LogP contribution is 2.37. The minimum atomic E-state index is -0.707. The van der Waals surface area contributed by atoms with Crippen LogP contribution in [0.1, 0.15) is 12.5 Å². The SMILES string of the molecule is C=C(C)[C@@H](O)Cc1c(OC)cc2oc(=O)ccc2c1OC. The van der Waals surface area contributed by atoms with Crippen LogP contribution in [0.3, 0.4) is 0 Å². The smallest absolute Gasteiger partial charge is 0.336 e. The first-order valence-corrected chi connectivity index (χ1v) is 6.49. The van der Waals surface area contributed by atoms with Crippen molar-refractivity contribution in [3.63, 3.8) is 0 Å². The Labute approximate surface area is 122 Å². The maximum absolute atomic E-state index is 11.3. The lowest BCUT2D eigenvalue weighted by Gasteiger charge is -2.18. The summed E-state index contributed by atoms with van der Waals surface area (Å²) in [7, 11) is 3.04. The van der Waals surface area contributed by atoms with E-state index >= 15 is 0 Å². The van der Waals surface area contributed by atoms with E-state index in [4.69, 9.17) is 13.9 Å². The Kier molecular flexibility index (Phi) is 4.33. The third-order valence-electron chi connectivity index (χ3n) is 3.33. The molecule has 21 heavy (non-hydrogen) atoms. The van der Waals surface area contributed by atoms with Gasteiger partial charge >= 0.3 is 5.63 Å². The second-order valence-corrected chi connectivity index (χ2v) is 4.82. The van der Waals surface area contributed by atoms with E-state index < -0.39 is 11.7 Å². The van der Waals surface area contributed by atoms with Gasteiger partial charge in [0, 0.05) is 24.1 Å². The highest BCUT2D eigenvalue weighted by molar-refractivity contribution is 5.87. The summed E-state index contributed by atoms with van der Waals surface area (Å²) in [6, 6.07) is 4.59. The Morgan fingerprint density at radius 2 is 2.10 bits per heavy atom. The van der Waals surface area contributed by atoms with Crippen molar-refractivity contribution >= 4 is 11.0 Å². The van der Waals surface area contributed by atoms with E-state index in [1.165, 1.54) is 20.3 Å². The zero-order valence-corrected chi connectivity index (χ0v) is 12.3. The number of rotatable bonds is 5. The van der Waals surface area contributed by atoms with Gasteiger partial charge in [-0.3, -0.25) is 0 Å². The normalized spacial score (nSPS) is 12.2. The van der Waals surface area contributed by atoms with Gasteiger partial charge in [-0.25, -0.2) is 4.79 Å². The van der Waals surface area contributed by atoms with E-state index in [9.17, 15) is 9.90 Å². The molecular formula is C16H18O5. The van der Waals surface area contributed by atoms with E-state index in [2.05, 4.69) is 6.58 Å². The Bertz CT molecular complexity index is 729. The average molecular weight is 290 g/mol. The maximum atomic E-state index is 11.3. The van der Waals surface area contributed by atoms with Crippen LogP contribution in [0.25, 0.3) is 11.0 Å². The molecule has 1 N–H and O–H groups in total. The number of aliphatic hydroxyl groups excluding tert-OH is 1. The van der Waals surface area contributed by atoms with E-state index in [1.807, 2.05) is 0 Å². The number of methoxy groups -OCH3 is 2. The molecule has 0 amide bonds. The Hall–Kier alpha value is -2.27. The highest BCUT2D eigenvalue weighted by Gasteiger charge is 2.19. The van der Waals surface area contributed by atoms with Crippen molar-refractivity contribution in [3.8, 4) is 11.5 Å². The second-order valence-electron chi connectivity index (χ2n) is 4.82. The molecule has 5 nitrogen and oxygen atoms in total. The van der Waals surface area contributed by atoms with Crippen molar-refractivity contribution in [2.45, 2.75) is 19.4 Å². The standard InChI is InChI=1S/C16H18O5/c1-9(2)12(17)7-11-13(19-3)8-14-10(16(11)20-4)5-6-15(18)21-14/h5-6,8,12,17H,1,7H2,2-4H3/t12-/m0/s1. The molecule has 0 saturated heterocycles. The molecule has 2 aromatic rings. The van der Waals surface area contributed by atoms with Crippen LogP contribution in [0.4, 0.5) is 0 Å². The van der Waals surface area contributed by atoms with Gasteiger partial charge in [-0.05, 0) is 13.0 Å². The molecule has 0 aliphatic rings. The van der Waals surface area contributed by atoms with Crippen LogP contribution in [0.15, 0.2) is 39.6 Å². The summed E-state index contributed by atoms with van der Waals surface area (Å²) >= 11 is 0. The first kappa shape index (κ1) is 15.1. The van der Waals surface area contributed by atoms with Crippen molar-refractivity contribution in [3.05, 3.63) is 46.3 Å². The molecule has 0 aliphatic carbocycles. The molecule has 0 saturated carbocycles. The Balaban J connectivity index is 2.69. The summed E-state index contributed by atoms with van der Waals surface area (Å²) in [4.78, 5) is 11.3. The molecule has 0 bridgehead atoms. The summed E-state index contributed by atoms with van der Waals surface area (Å²) in [5, 5.41) is 10.7. The fourth-order valence-corrected chi connectivity index (χ4v) is 2.18.